The molecule has 1 aromatic carbocycles. The summed E-state index contributed by atoms with van der Waals surface area (Å²) >= 11 is 0. The highest BCUT2D eigenvalue weighted by Gasteiger charge is 2.30. The van der Waals surface area contributed by atoms with Crippen LogP contribution in [-0.4, -0.2) is 0 Å². The lowest BCUT2D eigenvalue weighted by atomic mass is 10.2. The van der Waals surface area contributed by atoms with E-state index in [-0.39, 0.29) is 0 Å². The van der Waals surface area contributed by atoms with Gasteiger partial charge in [-0.15, -0.1) is 0 Å². The second kappa shape index (κ2) is 2.42. The van der Waals surface area contributed by atoms with Crippen molar-refractivity contribution in [1.29, 1.82) is 0 Å². The van der Waals surface area contributed by atoms with Gasteiger partial charge in [-0.05, 0) is 12.1 Å². The van der Waals surface area contributed by atoms with Crippen LogP contribution < -0.4 is 0 Å². The molecule has 0 aromatic heterocycles. The number of halogens is 4. The smallest absolute Gasteiger partial charge is 0.197 e. The maximum atomic E-state index is 12.1. The van der Waals surface area contributed by atoms with Crippen LogP contribution in [-0.2, 0) is 6.18 Å². The highest BCUT2D eigenvalue weighted by molar-refractivity contribution is 5.14. The molecule has 4 heteroatoms. The van der Waals surface area contributed by atoms with E-state index >= 15 is 0 Å². The summed E-state index contributed by atoms with van der Waals surface area (Å²) in [7, 11) is 0. The number of alkyl halides is 3. The minimum absolute atomic E-state index is 0.372. The van der Waals surface area contributed by atoms with Crippen LogP contribution in [0.5, 0.6) is 0 Å². The zero-order valence-electron chi connectivity index (χ0n) is 5.17. The highest BCUT2D eigenvalue weighted by Crippen LogP contribution is 2.28. The molecule has 0 spiro atoms. The first-order valence-corrected chi connectivity index (χ1v) is 2.66. The van der Waals surface area contributed by atoms with Crippen molar-refractivity contribution in [3.05, 3.63) is 35.6 Å². The molecule has 58 valence electrons. The van der Waals surface area contributed by atoms with Crippen LogP contribution in [0.25, 0.3) is 0 Å². The number of hydrogen-bond acceptors (Lipinski definition) is 0. The van der Waals surface area contributed by atoms with Crippen LogP contribution in [0.3, 0.4) is 0 Å². The van der Waals surface area contributed by atoms with Crippen molar-refractivity contribution in [3.63, 3.8) is 0 Å². The Morgan fingerprint density at radius 2 is 1.91 bits per heavy atom. The van der Waals surface area contributed by atoms with Gasteiger partial charge in [0.2, 0.25) is 0 Å². The summed E-state index contributed by atoms with van der Waals surface area (Å²) in [6, 6.07) is 4.78. The monoisotopic (exact) mass is 162 g/mol. The summed E-state index contributed by atoms with van der Waals surface area (Å²) in [5, 5.41) is 0. The summed E-state index contributed by atoms with van der Waals surface area (Å²) < 4.78 is 47.4. The van der Waals surface area contributed by atoms with Gasteiger partial charge in [-0.3, -0.25) is 0 Å². The zero-order chi connectivity index (χ0) is 8.48. The van der Waals surface area contributed by atoms with Gasteiger partial charge in [0.15, 0.2) is 5.82 Å². The van der Waals surface area contributed by atoms with E-state index < -0.39 is 17.6 Å². The van der Waals surface area contributed by atoms with E-state index in [0.29, 0.717) is 12.1 Å². The second-order valence-electron chi connectivity index (χ2n) is 1.86. The van der Waals surface area contributed by atoms with Gasteiger partial charge < -0.3 is 0 Å². The molecule has 0 radical (unpaired) electrons. The van der Waals surface area contributed by atoms with E-state index in [1.807, 2.05) is 12.1 Å². The Labute approximate surface area is 60.5 Å². The molecule has 0 aliphatic carbocycles. The summed E-state index contributed by atoms with van der Waals surface area (Å²) in [6.07, 6.45) is -4.51. The lowest BCUT2D eigenvalue weighted by Gasteiger charge is -2.02. The molecule has 0 heterocycles. The Kier molecular flexibility index (Phi) is 1.73. The maximum absolute atomic E-state index is 12.1. The van der Waals surface area contributed by atoms with Crippen LogP contribution in [0.1, 0.15) is 5.56 Å². The predicted octanol–water partition coefficient (Wildman–Crippen LogP) is 2.44. The Balaban J connectivity index is 3.06. The van der Waals surface area contributed by atoms with Crippen molar-refractivity contribution in [1.82, 2.24) is 0 Å². The van der Waals surface area contributed by atoms with Crippen LogP contribution in [0, 0.1) is 17.9 Å². The van der Waals surface area contributed by atoms with Crippen molar-refractivity contribution in [3.8, 4) is 0 Å². The quantitative estimate of drug-likeness (QED) is 0.514. The molecule has 1 rings (SSSR count). The lowest BCUT2D eigenvalue weighted by molar-refractivity contribution is -0.137. The average Bonchev–Trinajstić information content (AvgIpc) is 1.86. The second-order valence-corrected chi connectivity index (χ2v) is 1.86. The van der Waals surface area contributed by atoms with Crippen molar-refractivity contribution in [2.45, 2.75) is 6.18 Å². The molecule has 0 aliphatic heterocycles. The van der Waals surface area contributed by atoms with Gasteiger partial charge in [0, 0.05) is 6.07 Å². The Bertz CT molecular complexity index is 251. The molecular weight excluding hydrogens is 160 g/mol. The van der Waals surface area contributed by atoms with Gasteiger partial charge in [-0.25, -0.2) is 0 Å². The molecule has 0 saturated heterocycles. The third-order valence-corrected chi connectivity index (χ3v) is 1.03. The van der Waals surface area contributed by atoms with Crippen molar-refractivity contribution in [2.75, 3.05) is 0 Å². The normalized spacial score (nSPS) is 10.9. The molecule has 0 fully saturated rings. The fraction of sp³-hybridized carbons (Fsp3) is 0.143. The van der Waals surface area contributed by atoms with Crippen molar-refractivity contribution >= 4 is 0 Å². The minimum atomic E-state index is -4.51. The summed E-state index contributed by atoms with van der Waals surface area (Å²) in [4.78, 5) is 0. The fourth-order valence-corrected chi connectivity index (χ4v) is 0.561. The van der Waals surface area contributed by atoms with E-state index in [9.17, 15) is 17.6 Å². The Morgan fingerprint density at radius 3 is 2.27 bits per heavy atom. The minimum Gasteiger partial charge on any atom is -0.197 e. The molecule has 0 amide bonds. The molecule has 0 atom stereocenters. The topological polar surface area (TPSA) is 0 Å². The van der Waals surface area contributed by atoms with E-state index in [1.165, 1.54) is 0 Å². The van der Waals surface area contributed by atoms with Crippen LogP contribution in [0.4, 0.5) is 17.6 Å². The maximum Gasteiger partial charge on any atom is 0.417 e. The van der Waals surface area contributed by atoms with Gasteiger partial charge >= 0.3 is 6.18 Å². The third kappa shape index (κ3) is 1.84. The first-order valence-electron chi connectivity index (χ1n) is 2.66. The SMILES string of the molecule is Fc1c#ccc(C(F)(F)F)c1. The predicted molar refractivity (Wildman–Crippen MR) is 29.1 cm³/mol. The first kappa shape index (κ1) is 7.86. The highest BCUT2D eigenvalue weighted by atomic mass is 19.4. The van der Waals surface area contributed by atoms with E-state index in [1.54, 1.807) is 0 Å². The van der Waals surface area contributed by atoms with Gasteiger partial charge in [0.25, 0.3) is 0 Å². The van der Waals surface area contributed by atoms with Crippen molar-refractivity contribution < 1.29 is 17.6 Å². The van der Waals surface area contributed by atoms with E-state index in [0.717, 1.165) is 0 Å². The Morgan fingerprint density at radius 1 is 1.27 bits per heavy atom. The fourth-order valence-electron chi connectivity index (χ4n) is 0.561. The number of hydrogen-bond donors (Lipinski definition) is 0. The number of rotatable bonds is 0. The molecule has 0 saturated carbocycles. The molecular formula is C7H2F4. The van der Waals surface area contributed by atoms with Gasteiger partial charge in [-0.2, -0.15) is 17.6 Å². The lowest BCUT2D eigenvalue weighted by Crippen LogP contribution is -2.04. The molecule has 0 N–H and O–H groups in total. The van der Waals surface area contributed by atoms with Gasteiger partial charge in [0.05, 0.1) is 5.56 Å². The van der Waals surface area contributed by atoms with E-state index in [4.69, 9.17) is 0 Å². The summed E-state index contributed by atoms with van der Waals surface area (Å²) in [6.45, 7) is 0. The average molecular weight is 162 g/mol. The summed E-state index contributed by atoms with van der Waals surface area (Å²) in [5.74, 6) is -1.06. The largest absolute Gasteiger partial charge is 0.417 e. The molecule has 0 bridgehead atoms. The van der Waals surface area contributed by atoms with Gasteiger partial charge in [-0.1, -0.05) is 6.07 Å². The standard InChI is InChI=1S/C7H2F4/c8-6-3-1-2-5(4-6)7(9,10)11/h2,4H. The van der Waals surface area contributed by atoms with Crippen LogP contribution >= 0.6 is 0 Å². The van der Waals surface area contributed by atoms with Crippen molar-refractivity contribution in [2.24, 2.45) is 0 Å². The molecule has 0 nitrogen and oxygen atoms in total. The Hall–Kier alpha value is -1.24. The molecule has 0 unspecified atom stereocenters. The zero-order valence-corrected chi connectivity index (χ0v) is 5.17. The van der Waals surface area contributed by atoms with Crippen LogP contribution in [0.2, 0.25) is 0 Å². The molecule has 0 aliphatic rings. The molecule has 11 heavy (non-hydrogen) atoms. The van der Waals surface area contributed by atoms with Crippen LogP contribution in [0.15, 0.2) is 12.1 Å². The first-order chi connectivity index (χ1) is 5.00. The summed E-state index contributed by atoms with van der Waals surface area (Å²) in [5.41, 5.74) is -1.05. The van der Waals surface area contributed by atoms with E-state index in [2.05, 4.69) is 0 Å². The third-order valence-electron chi connectivity index (χ3n) is 1.03. The van der Waals surface area contributed by atoms with Gasteiger partial charge in [0.1, 0.15) is 0 Å². The molecule has 1 aromatic rings.